The van der Waals surface area contributed by atoms with E-state index >= 15 is 0 Å². The maximum atomic E-state index is 13.1. The van der Waals surface area contributed by atoms with Gasteiger partial charge in [0.15, 0.2) is 6.29 Å². The summed E-state index contributed by atoms with van der Waals surface area (Å²) in [6, 6.07) is 9.46. The number of hydrogen-bond acceptors (Lipinski definition) is 6. The van der Waals surface area contributed by atoms with Gasteiger partial charge in [-0.2, -0.15) is 5.10 Å². The molecule has 8 heteroatoms. The summed E-state index contributed by atoms with van der Waals surface area (Å²) >= 11 is 0. The molecule has 0 saturated carbocycles. The van der Waals surface area contributed by atoms with Crippen molar-refractivity contribution in [1.29, 1.82) is 0 Å². The lowest BCUT2D eigenvalue weighted by Gasteiger charge is -2.41. The quantitative estimate of drug-likeness (QED) is 0.647. The van der Waals surface area contributed by atoms with Gasteiger partial charge in [0.25, 0.3) is 5.91 Å². The Balaban J connectivity index is 1.55. The summed E-state index contributed by atoms with van der Waals surface area (Å²) in [6.45, 7) is 3.61. The molecule has 1 aromatic carbocycles. The molecule has 3 unspecified atom stereocenters. The fourth-order valence-electron chi connectivity index (χ4n) is 4.78. The standard InChI is InChI=1S/C23H34N6O2/c1-4-5-6-7-8-12-15-29-22-24-20-19(21(30)27(3)23(31)26(20)2)28(22)16-18(25-29)17-13-10-9-11-14-17/h9-11,13-14,19-20,22,24H,4-8,12,15-16H2,1-3H3. The number of imide groups is 1. The maximum Gasteiger partial charge on any atom is 0.327 e. The number of rotatable bonds is 8. The van der Waals surface area contributed by atoms with Crippen molar-refractivity contribution in [3.8, 4) is 0 Å². The van der Waals surface area contributed by atoms with E-state index in [-0.39, 0.29) is 24.4 Å². The summed E-state index contributed by atoms with van der Waals surface area (Å²) in [5, 5.41) is 10.6. The van der Waals surface area contributed by atoms with Crippen molar-refractivity contribution >= 4 is 17.6 Å². The summed E-state index contributed by atoms with van der Waals surface area (Å²) in [7, 11) is 3.32. The SMILES string of the molecule is CCCCCCCCN1N=C(c2ccccc2)CN2C3C(=O)N(C)C(=O)N(C)C3NC12. The van der Waals surface area contributed by atoms with Crippen LogP contribution in [0.4, 0.5) is 4.79 Å². The molecule has 31 heavy (non-hydrogen) atoms. The van der Waals surface area contributed by atoms with Crippen LogP contribution in [-0.4, -0.2) is 83.0 Å². The minimum absolute atomic E-state index is 0.156. The molecule has 8 nitrogen and oxygen atoms in total. The lowest BCUT2D eigenvalue weighted by Crippen LogP contribution is -2.65. The number of carbonyl (C=O) groups is 2. The van der Waals surface area contributed by atoms with Crippen LogP contribution in [0.25, 0.3) is 0 Å². The van der Waals surface area contributed by atoms with E-state index in [2.05, 4.69) is 34.3 Å². The van der Waals surface area contributed by atoms with Crippen LogP contribution in [0.2, 0.25) is 0 Å². The normalized spacial score (nSPS) is 26.2. The van der Waals surface area contributed by atoms with Gasteiger partial charge < -0.3 is 4.90 Å². The topological polar surface area (TPSA) is 71.5 Å². The van der Waals surface area contributed by atoms with Crippen molar-refractivity contribution in [3.05, 3.63) is 35.9 Å². The van der Waals surface area contributed by atoms with Crippen LogP contribution in [0.3, 0.4) is 0 Å². The number of hydrogen-bond donors (Lipinski definition) is 1. The van der Waals surface area contributed by atoms with Gasteiger partial charge in [0.1, 0.15) is 12.2 Å². The average Bonchev–Trinajstić information content (AvgIpc) is 3.19. The molecule has 0 aromatic heterocycles. The van der Waals surface area contributed by atoms with Crippen LogP contribution < -0.4 is 5.32 Å². The molecular weight excluding hydrogens is 392 g/mol. The summed E-state index contributed by atoms with van der Waals surface area (Å²) in [6.07, 6.45) is 6.74. The first-order valence-corrected chi connectivity index (χ1v) is 11.5. The number of unbranched alkanes of at least 4 members (excludes halogenated alkanes) is 5. The van der Waals surface area contributed by atoms with Gasteiger partial charge in [-0.25, -0.2) is 9.69 Å². The zero-order valence-corrected chi connectivity index (χ0v) is 18.8. The van der Waals surface area contributed by atoms with Crippen LogP contribution in [-0.2, 0) is 4.79 Å². The first-order chi connectivity index (χ1) is 15.0. The molecule has 3 aliphatic heterocycles. The van der Waals surface area contributed by atoms with Crippen molar-refractivity contribution in [3.63, 3.8) is 0 Å². The number of fused-ring (bicyclic) bond motifs is 3. The second-order valence-electron chi connectivity index (χ2n) is 8.74. The van der Waals surface area contributed by atoms with Crippen molar-refractivity contribution in [1.82, 2.24) is 25.0 Å². The molecule has 3 heterocycles. The average molecular weight is 427 g/mol. The molecule has 1 aromatic rings. The molecule has 0 aliphatic carbocycles. The zero-order chi connectivity index (χ0) is 22.0. The van der Waals surface area contributed by atoms with Gasteiger partial charge in [-0.15, -0.1) is 0 Å². The predicted octanol–water partition coefficient (Wildman–Crippen LogP) is 2.47. The smallest absolute Gasteiger partial charge is 0.310 e. The van der Waals surface area contributed by atoms with Gasteiger partial charge in [-0.3, -0.25) is 20.0 Å². The molecule has 3 amide bonds. The molecule has 0 radical (unpaired) electrons. The Bertz CT molecular complexity index is 829. The molecule has 4 rings (SSSR count). The van der Waals surface area contributed by atoms with E-state index in [0.29, 0.717) is 6.54 Å². The van der Waals surface area contributed by atoms with Gasteiger partial charge in [0.05, 0.1) is 5.71 Å². The Kier molecular flexibility index (Phi) is 6.57. The van der Waals surface area contributed by atoms with Gasteiger partial charge in [-0.05, 0) is 12.0 Å². The van der Waals surface area contributed by atoms with Gasteiger partial charge >= 0.3 is 6.03 Å². The third-order valence-electron chi connectivity index (χ3n) is 6.59. The van der Waals surface area contributed by atoms with Crippen molar-refractivity contribution in [2.24, 2.45) is 5.10 Å². The molecule has 2 fully saturated rings. The van der Waals surface area contributed by atoms with E-state index in [1.54, 1.807) is 19.0 Å². The highest BCUT2D eigenvalue weighted by molar-refractivity contribution is 6.04. The highest BCUT2D eigenvalue weighted by Crippen LogP contribution is 2.30. The molecule has 0 bridgehead atoms. The summed E-state index contributed by atoms with van der Waals surface area (Å²) < 4.78 is 0. The van der Waals surface area contributed by atoms with Crippen molar-refractivity contribution in [2.45, 2.75) is 63.9 Å². The fraction of sp³-hybridized carbons (Fsp3) is 0.609. The highest BCUT2D eigenvalue weighted by Gasteiger charge is 2.55. The van der Waals surface area contributed by atoms with E-state index in [9.17, 15) is 9.59 Å². The van der Waals surface area contributed by atoms with Crippen molar-refractivity contribution in [2.75, 3.05) is 27.2 Å². The Morgan fingerprint density at radius 1 is 1.03 bits per heavy atom. The fourth-order valence-corrected chi connectivity index (χ4v) is 4.78. The predicted molar refractivity (Wildman–Crippen MR) is 120 cm³/mol. The van der Waals surface area contributed by atoms with Crippen LogP contribution in [0.1, 0.15) is 51.0 Å². The summed E-state index contributed by atoms with van der Waals surface area (Å²) in [5.41, 5.74) is 2.03. The van der Waals surface area contributed by atoms with E-state index < -0.39 is 6.04 Å². The molecule has 3 atom stereocenters. The van der Waals surface area contributed by atoms with E-state index in [1.807, 2.05) is 18.2 Å². The second kappa shape index (κ2) is 9.36. The summed E-state index contributed by atoms with van der Waals surface area (Å²) in [5.74, 6) is -0.156. The summed E-state index contributed by atoms with van der Waals surface area (Å²) in [4.78, 5) is 30.6. The van der Waals surface area contributed by atoms with E-state index in [0.717, 1.165) is 24.2 Å². The highest BCUT2D eigenvalue weighted by atomic mass is 16.2. The number of nitrogens with zero attached hydrogens (tertiary/aromatic N) is 5. The van der Waals surface area contributed by atoms with Crippen LogP contribution in [0.5, 0.6) is 0 Å². The van der Waals surface area contributed by atoms with Crippen LogP contribution in [0.15, 0.2) is 35.4 Å². The first kappa shape index (κ1) is 21.8. The first-order valence-electron chi connectivity index (χ1n) is 11.5. The maximum absolute atomic E-state index is 13.1. The third kappa shape index (κ3) is 4.19. The third-order valence-corrected chi connectivity index (χ3v) is 6.59. The largest absolute Gasteiger partial charge is 0.327 e. The lowest BCUT2D eigenvalue weighted by atomic mass is 10.1. The second-order valence-corrected chi connectivity index (χ2v) is 8.74. The Hall–Kier alpha value is -2.45. The Labute approximate surface area is 184 Å². The van der Waals surface area contributed by atoms with Crippen molar-refractivity contribution < 1.29 is 9.59 Å². The number of hydrazone groups is 1. The van der Waals surface area contributed by atoms with E-state index in [1.165, 1.54) is 37.0 Å². The Morgan fingerprint density at radius 2 is 1.74 bits per heavy atom. The minimum Gasteiger partial charge on any atom is -0.310 e. The van der Waals surface area contributed by atoms with Gasteiger partial charge in [0.2, 0.25) is 0 Å². The van der Waals surface area contributed by atoms with Crippen LogP contribution in [0, 0.1) is 0 Å². The molecule has 1 N–H and O–H groups in total. The minimum atomic E-state index is -0.418. The Morgan fingerprint density at radius 3 is 2.48 bits per heavy atom. The van der Waals surface area contributed by atoms with E-state index in [4.69, 9.17) is 5.10 Å². The molecule has 168 valence electrons. The lowest BCUT2D eigenvalue weighted by molar-refractivity contribution is -0.137. The number of benzene rings is 1. The number of likely N-dealkylation sites (N-methyl/N-ethyl adjacent to an activating group) is 2. The van der Waals surface area contributed by atoms with Gasteiger partial charge in [0, 0.05) is 27.2 Å². The molecule has 2 saturated heterocycles. The van der Waals surface area contributed by atoms with Crippen LogP contribution >= 0.6 is 0 Å². The van der Waals surface area contributed by atoms with Gasteiger partial charge in [-0.1, -0.05) is 69.4 Å². The monoisotopic (exact) mass is 426 g/mol. The zero-order valence-electron chi connectivity index (χ0n) is 18.8. The molecular formula is C23H34N6O2. The number of amides is 3. The molecule has 0 spiro atoms. The number of nitrogens with one attached hydrogen (secondary N) is 1. The number of urea groups is 1. The number of carbonyl (C=O) groups excluding carboxylic acids is 2. The molecule has 3 aliphatic rings.